The Labute approximate surface area is 138 Å². The summed E-state index contributed by atoms with van der Waals surface area (Å²) in [6, 6.07) is 6.21. The molecule has 2 fully saturated rings. The van der Waals surface area contributed by atoms with Gasteiger partial charge >= 0.3 is 0 Å². The number of benzene rings is 1. The summed E-state index contributed by atoms with van der Waals surface area (Å²) in [4.78, 5) is 14.8. The predicted molar refractivity (Wildman–Crippen MR) is 91.4 cm³/mol. The largest absolute Gasteiger partial charge is 0.325 e. The molecule has 1 N–H and O–H groups in total. The van der Waals surface area contributed by atoms with Gasteiger partial charge in [0.25, 0.3) is 0 Å². The van der Waals surface area contributed by atoms with Crippen LogP contribution in [0.2, 0.25) is 5.02 Å². The van der Waals surface area contributed by atoms with Gasteiger partial charge in [-0.3, -0.25) is 9.69 Å². The molecule has 4 heteroatoms. The van der Waals surface area contributed by atoms with E-state index >= 15 is 0 Å². The fraction of sp³-hybridized carbons (Fsp3) is 0.611. The minimum absolute atomic E-state index is 0.0941. The van der Waals surface area contributed by atoms with Crippen molar-refractivity contribution in [1.82, 2.24) is 4.90 Å². The molecule has 0 aromatic heterocycles. The van der Waals surface area contributed by atoms with Crippen LogP contribution in [0, 0.1) is 12.8 Å². The van der Waals surface area contributed by atoms with Crippen LogP contribution in [0.25, 0.3) is 0 Å². The van der Waals surface area contributed by atoms with Crippen molar-refractivity contribution in [2.75, 3.05) is 18.4 Å². The summed E-state index contributed by atoms with van der Waals surface area (Å²) in [6.45, 7) is 3.55. The van der Waals surface area contributed by atoms with Crippen molar-refractivity contribution in [3.05, 3.63) is 28.8 Å². The van der Waals surface area contributed by atoms with Gasteiger partial charge < -0.3 is 5.32 Å². The van der Waals surface area contributed by atoms with Gasteiger partial charge in [-0.2, -0.15) is 0 Å². The number of hydrogen-bond acceptors (Lipinski definition) is 2. The number of aryl methyl sites for hydroxylation is 1. The maximum absolute atomic E-state index is 12.4. The summed E-state index contributed by atoms with van der Waals surface area (Å²) in [6.07, 6.45) is 7.87. The number of rotatable bonds is 3. The van der Waals surface area contributed by atoms with Crippen LogP contribution in [-0.4, -0.2) is 29.9 Å². The zero-order valence-electron chi connectivity index (χ0n) is 13.3. The van der Waals surface area contributed by atoms with Crippen molar-refractivity contribution in [2.24, 2.45) is 5.92 Å². The fourth-order valence-corrected chi connectivity index (χ4v) is 4.29. The molecule has 1 saturated heterocycles. The Balaban J connectivity index is 1.61. The highest BCUT2D eigenvalue weighted by Crippen LogP contribution is 2.35. The van der Waals surface area contributed by atoms with E-state index in [4.69, 9.17) is 11.6 Å². The molecule has 1 amide bonds. The van der Waals surface area contributed by atoms with E-state index in [2.05, 4.69) is 10.2 Å². The highest BCUT2D eigenvalue weighted by molar-refractivity contribution is 6.30. The van der Waals surface area contributed by atoms with Crippen LogP contribution >= 0.6 is 11.6 Å². The van der Waals surface area contributed by atoms with Gasteiger partial charge in [0.15, 0.2) is 0 Å². The van der Waals surface area contributed by atoms with E-state index in [0.717, 1.165) is 23.7 Å². The quantitative estimate of drug-likeness (QED) is 0.903. The lowest BCUT2D eigenvalue weighted by Gasteiger charge is -2.43. The van der Waals surface area contributed by atoms with Crippen LogP contribution in [-0.2, 0) is 4.79 Å². The Kier molecular flexibility index (Phi) is 5.04. The zero-order valence-corrected chi connectivity index (χ0v) is 14.0. The highest BCUT2D eigenvalue weighted by atomic mass is 35.5. The van der Waals surface area contributed by atoms with Crippen molar-refractivity contribution in [2.45, 2.75) is 51.5 Å². The van der Waals surface area contributed by atoms with Gasteiger partial charge in [0.2, 0.25) is 5.91 Å². The second-order valence-corrected chi connectivity index (χ2v) is 7.17. The van der Waals surface area contributed by atoms with Crippen LogP contribution < -0.4 is 5.32 Å². The first-order valence-electron chi connectivity index (χ1n) is 8.43. The minimum Gasteiger partial charge on any atom is -0.325 e. The third-order valence-corrected chi connectivity index (χ3v) is 5.40. The normalized spacial score (nSPS) is 25.5. The molecule has 1 aliphatic heterocycles. The number of fused-ring (bicyclic) bond motifs is 1. The molecule has 1 aliphatic carbocycles. The summed E-state index contributed by atoms with van der Waals surface area (Å²) in [5, 5.41) is 3.75. The molecule has 1 saturated carbocycles. The maximum atomic E-state index is 12.4. The van der Waals surface area contributed by atoms with Crippen molar-refractivity contribution in [1.29, 1.82) is 0 Å². The number of carbonyl (C=O) groups excluding carboxylic acids is 1. The Hall–Kier alpha value is -1.06. The Morgan fingerprint density at radius 3 is 2.86 bits per heavy atom. The molecular formula is C18H25ClN2O. The Bertz CT molecular complexity index is 544. The van der Waals surface area contributed by atoms with E-state index in [0.29, 0.717) is 17.6 Å². The first kappa shape index (κ1) is 15.8. The number of carbonyl (C=O) groups is 1. The van der Waals surface area contributed by atoms with Crippen LogP contribution in [0.15, 0.2) is 18.2 Å². The number of hydrogen-bond donors (Lipinski definition) is 1. The van der Waals surface area contributed by atoms with Crippen LogP contribution in [0.5, 0.6) is 0 Å². The molecule has 0 spiro atoms. The van der Waals surface area contributed by atoms with Crippen molar-refractivity contribution in [3.63, 3.8) is 0 Å². The topological polar surface area (TPSA) is 32.3 Å². The lowest BCUT2D eigenvalue weighted by molar-refractivity contribution is -0.118. The number of anilines is 1. The molecule has 22 heavy (non-hydrogen) atoms. The molecule has 1 heterocycles. The first-order valence-corrected chi connectivity index (χ1v) is 8.81. The molecule has 3 nitrogen and oxygen atoms in total. The SMILES string of the molecule is Cc1cc(Cl)ccc1NC(=O)CN1CCC[C@@H]2CCCC[C@@H]21. The fourth-order valence-electron chi connectivity index (χ4n) is 4.07. The Morgan fingerprint density at radius 1 is 1.27 bits per heavy atom. The van der Waals surface area contributed by atoms with Crippen LogP contribution in [0.3, 0.4) is 0 Å². The van der Waals surface area contributed by atoms with Gasteiger partial charge in [0.05, 0.1) is 6.54 Å². The van der Waals surface area contributed by atoms with Crippen LogP contribution in [0.1, 0.15) is 44.1 Å². The number of halogens is 1. The zero-order chi connectivity index (χ0) is 15.5. The lowest BCUT2D eigenvalue weighted by Crippen LogP contribution is -2.49. The van der Waals surface area contributed by atoms with Gasteiger partial charge in [-0.25, -0.2) is 0 Å². The highest BCUT2D eigenvalue weighted by Gasteiger charge is 2.33. The van der Waals surface area contributed by atoms with Gasteiger partial charge in [-0.1, -0.05) is 24.4 Å². The number of nitrogens with one attached hydrogen (secondary N) is 1. The molecule has 2 aliphatic rings. The first-order chi connectivity index (χ1) is 10.6. The van der Waals surface area contributed by atoms with E-state index in [1.807, 2.05) is 25.1 Å². The summed E-state index contributed by atoms with van der Waals surface area (Å²) in [5.41, 5.74) is 1.88. The molecular weight excluding hydrogens is 296 g/mol. The molecule has 0 unspecified atom stereocenters. The van der Waals surface area contributed by atoms with Crippen molar-refractivity contribution in [3.8, 4) is 0 Å². The van der Waals surface area contributed by atoms with E-state index in [-0.39, 0.29) is 5.91 Å². The van der Waals surface area contributed by atoms with Crippen molar-refractivity contribution >= 4 is 23.2 Å². The summed E-state index contributed by atoms with van der Waals surface area (Å²) >= 11 is 5.96. The molecule has 2 atom stereocenters. The molecule has 3 rings (SSSR count). The average molecular weight is 321 g/mol. The van der Waals surface area contributed by atoms with Crippen molar-refractivity contribution < 1.29 is 4.79 Å². The number of amides is 1. The standard InChI is InChI=1S/C18H25ClN2O/c1-13-11-15(19)8-9-16(13)20-18(22)12-21-10-4-6-14-5-2-3-7-17(14)21/h8-9,11,14,17H,2-7,10,12H2,1H3,(H,20,22)/t14-,17-/m0/s1. The number of piperidine rings is 1. The second kappa shape index (κ2) is 7.01. The van der Waals surface area contributed by atoms with E-state index in [9.17, 15) is 4.79 Å². The summed E-state index contributed by atoms with van der Waals surface area (Å²) < 4.78 is 0. The van der Waals surface area contributed by atoms with Gasteiger partial charge in [0.1, 0.15) is 0 Å². The van der Waals surface area contributed by atoms with Gasteiger partial charge in [-0.15, -0.1) is 0 Å². The molecule has 0 bridgehead atoms. The maximum Gasteiger partial charge on any atom is 0.238 e. The summed E-state index contributed by atoms with van der Waals surface area (Å²) in [7, 11) is 0. The molecule has 0 radical (unpaired) electrons. The number of likely N-dealkylation sites (tertiary alicyclic amines) is 1. The monoisotopic (exact) mass is 320 g/mol. The average Bonchev–Trinajstić information content (AvgIpc) is 2.50. The molecule has 1 aromatic carbocycles. The van der Waals surface area contributed by atoms with Crippen LogP contribution in [0.4, 0.5) is 5.69 Å². The second-order valence-electron chi connectivity index (χ2n) is 6.73. The van der Waals surface area contributed by atoms with E-state index in [1.165, 1.54) is 38.5 Å². The third-order valence-electron chi connectivity index (χ3n) is 5.17. The molecule has 1 aromatic rings. The lowest BCUT2D eigenvalue weighted by atomic mass is 9.78. The van der Waals surface area contributed by atoms with Gasteiger partial charge in [0, 0.05) is 16.8 Å². The van der Waals surface area contributed by atoms with E-state index < -0.39 is 0 Å². The van der Waals surface area contributed by atoms with Gasteiger partial charge in [-0.05, 0) is 68.8 Å². The molecule has 120 valence electrons. The van der Waals surface area contributed by atoms with E-state index in [1.54, 1.807) is 0 Å². The minimum atomic E-state index is 0.0941. The summed E-state index contributed by atoms with van der Waals surface area (Å²) in [5.74, 6) is 0.907. The third kappa shape index (κ3) is 3.64. The number of nitrogens with zero attached hydrogens (tertiary/aromatic N) is 1. The smallest absolute Gasteiger partial charge is 0.238 e. The predicted octanol–water partition coefficient (Wildman–Crippen LogP) is 4.24. The Morgan fingerprint density at radius 2 is 2.05 bits per heavy atom.